The van der Waals surface area contributed by atoms with Crippen LogP contribution < -0.4 is 15.0 Å². The van der Waals surface area contributed by atoms with Crippen LogP contribution in [-0.4, -0.2) is 27.8 Å². The van der Waals surface area contributed by atoms with E-state index in [9.17, 15) is 4.79 Å². The topological polar surface area (TPSA) is 68.6 Å². The summed E-state index contributed by atoms with van der Waals surface area (Å²) in [6.07, 6.45) is 6.58. The molecule has 0 saturated carbocycles. The summed E-state index contributed by atoms with van der Waals surface area (Å²) < 4.78 is 12.9. The van der Waals surface area contributed by atoms with Crippen LogP contribution in [0.2, 0.25) is 0 Å². The zero-order chi connectivity index (χ0) is 23.1. The van der Waals surface area contributed by atoms with Crippen molar-refractivity contribution in [2.75, 3.05) is 13.2 Å². The van der Waals surface area contributed by atoms with Crippen LogP contribution in [0.3, 0.4) is 0 Å². The molecule has 0 bridgehead atoms. The van der Waals surface area contributed by atoms with Gasteiger partial charge >= 0.3 is 0 Å². The normalized spacial score (nSPS) is 15.4. The lowest BCUT2D eigenvalue weighted by molar-refractivity contribution is 0.171. The van der Waals surface area contributed by atoms with E-state index in [2.05, 4.69) is 11.1 Å². The maximum atomic E-state index is 13.9. The Morgan fingerprint density at radius 3 is 2.56 bits per heavy atom. The van der Waals surface area contributed by atoms with Crippen molar-refractivity contribution in [3.63, 3.8) is 0 Å². The number of fused-ring (bicyclic) bond motifs is 2. The third kappa shape index (κ3) is 3.49. The van der Waals surface area contributed by atoms with Crippen molar-refractivity contribution < 1.29 is 9.47 Å². The van der Waals surface area contributed by atoms with Gasteiger partial charge in [0.2, 0.25) is 0 Å². The maximum Gasteiger partial charge on any atom is 0.282 e. The predicted molar refractivity (Wildman–Crippen MR) is 134 cm³/mol. The molecule has 2 aromatic heterocycles. The number of nitrogens with zero attached hydrogens (tertiary/aromatic N) is 2. The molecule has 1 aliphatic carbocycles. The van der Waals surface area contributed by atoms with Crippen molar-refractivity contribution in [2.24, 2.45) is 0 Å². The second-order valence-corrected chi connectivity index (χ2v) is 8.87. The molecule has 0 unspecified atom stereocenters. The van der Waals surface area contributed by atoms with Crippen molar-refractivity contribution in [1.29, 1.82) is 0 Å². The Kier molecular flexibility index (Phi) is 5.38. The summed E-state index contributed by atoms with van der Waals surface area (Å²) in [6, 6.07) is 15.6. The average molecular weight is 474 g/mol. The zero-order valence-electron chi connectivity index (χ0n) is 18.6. The fraction of sp³-hybridized carbons (Fsp3) is 0.259. The Hall–Kier alpha value is -3.51. The lowest BCUT2D eigenvalue weighted by Crippen LogP contribution is -2.20. The molecule has 0 radical (unpaired) electrons. The van der Waals surface area contributed by atoms with Crippen LogP contribution in [0.25, 0.3) is 33.6 Å². The lowest BCUT2D eigenvalue weighted by Gasteiger charge is -2.19. The molecular formula is C27H24ClN3O3. The van der Waals surface area contributed by atoms with Gasteiger partial charge in [-0.15, -0.1) is 11.6 Å². The fourth-order valence-electron chi connectivity index (χ4n) is 4.89. The van der Waals surface area contributed by atoms with E-state index in [-0.39, 0.29) is 11.4 Å². The molecule has 6 nitrogen and oxygen atoms in total. The first-order valence-electron chi connectivity index (χ1n) is 11.6. The Labute approximate surface area is 201 Å². The van der Waals surface area contributed by atoms with E-state index in [1.165, 1.54) is 16.5 Å². The first-order chi connectivity index (χ1) is 16.7. The van der Waals surface area contributed by atoms with Crippen molar-refractivity contribution >= 4 is 22.8 Å². The number of benzene rings is 2. The van der Waals surface area contributed by atoms with Crippen LogP contribution in [0.4, 0.5) is 0 Å². The summed E-state index contributed by atoms with van der Waals surface area (Å²) in [4.78, 5) is 17.4. The summed E-state index contributed by atoms with van der Waals surface area (Å²) in [5.41, 5.74) is 6.36. The summed E-state index contributed by atoms with van der Waals surface area (Å²) in [6.45, 7) is 0.992. The van der Waals surface area contributed by atoms with Gasteiger partial charge in [0, 0.05) is 16.8 Å². The largest absolute Gasteiger partial charge is 0.486 e. The molecule has 172 valence electrons. The number of H-pyrrole nitrogens is 1. The van der Waals surface area contributed by atoms with Crippen LogP contribution in [0.1, 0.15) is 36.9 Å². The van der Waals surface area contributed by atoms with Crippen molar-refractivity contribution in [1.82, 2.24) is 14.6 Å². The standard InChI is InChI=1S/C27H24ClN3O3/c28-16-20-23(19-11-12-21-22(15-19)34-14-13-33-21)27(32)31-26(29-20)24(17-7-3-1-4-8-17)25(30-31)18-9-5-2-6-10-18/h2,5-7,9-12,15,29H,1,3-4,8,13-14,16H2. The molecule has 34 heavy (non-hydrogen) atoms. The van der Waals surface area contributed by atoms with E-state index in [0.29, 0.717) is 41.6 Å². The molecule has 7 heteroatoms. The van der Waals surface area contributed by atoms with Gasteiger partial charge in [-0.3, -0.25) is 4.79 Å². The number of aromatic amines is 1. The van der Waals surface area contributed by atoms with Gasteiger partial charge in [-0.25, -0.2) is 0 Å². The Morgan fingerprint density at radius 1 is 0.971 bits per heavy atom. The monoisotopic (exact) mass is 473 g/mol. The summed E-state index contributed by atoms with van der Waals surface area (Å²) >= 11 is 6.39. The van der Waals surface area contributed by atoms with Crippen molar-refractivity contribution in [3.05, 3.63) is 76.2 Å². The molecule has 0 atom stereocenters. The van der Waals surface area contributed by atoms with Crippen LogP contribution >= 0.6 is 11.6 Å². The predicted octanol–water partition coefficient (Wildman–Crippen LogP) is 5.82. The number of hydrogen-bond acceptors (Lipinski definition) is 4. The first-order valence-corrected chi connectivity index (χ1v) is 12.2. The second kappa shape index (κ2) is 8.69. The van der Waals surface area contributed by atoms with Gasteiger partial charge in [0.15, 0.2) is 11.5 Å². The Balaban J connectivity index is 1.62. The van der Waals surface area contributed by atoms with Gasteiger partial charge in [-0.1, -0.05) is 42.5 Å². The highest BCUT2D eigenvalue weighted by Gasteiger charge is 2.25. The number of rotatable bonds is 4. The third-order valence-electron chi connectivity index (χ3n) is 6.49. The van der Waals surface area contributed by atoms with Crippen LogP contribution in [0, 0.1) is 0 Å². The van der Waals surface area contributed by atoms with Gasteiger partial charge < -0.3 is 14.5 Å². The second-order valence-electron chi connectivity index (χ2n) is 8.60. The SMILES string of the molecule is O=c1c(-c2ccc3c(c2)OCCO3)c(CCl)[nH]c2c(C3=CCCCC3)c(-c3ccccc3)nn12. The highest BCUT2D eigenvalue weighted by Crippen LogP contribution is 2.38. The van der Waals surface area contributed by atoms with Crippen LogP contribution in [0.15, 0.2) is 59.4 Å². The van der Waals surface area contributed by atoms with E-state index in [1.54, 1.807) is 0 Å². The van der Waals surface area contributed by atoms with Gasteiger partial charge in [0.05, 0.1) is 11.4 Å². The highest BCUT2D eigenvalue weighted by atomic mass is 35.5. The van der Waals surface area contributed by atoms with E-state index >= 15 is 0 Å². The van der Waals surface area contributed by atoms with Crippen molar-refractivity contribution in [2.45, 2.75) is 31.6 Å². The molecule has 2 aromatic carbocycles. The fourth-order valence-corrected chi connectivity index (χ4v) is 5.09. The summed E-state index contributed by atoms with van der Waals surface area (Å²) in [5, 5.41) is 4.84. The minimum absolute atomic E-state index is 0.167. The molecule has 0 spiro atoms. The van der Waals surface area contributed by atoms with Gasteiger partial charge in [0.1, 0.15) is 24.6 Å². The zero-order valence-corrected chi connectivity index (χ0v) is 19.4. The molecule has 2 aliphatic rings. The maximum absolute atomic E-state index is 13.9. The highest BCUT2D eigenvalue weighted by molar-refractivity contribution is 6.17. The molecule has 6 rings (SSSR count). The number of nitrogens with one attached hydrogen (secondary N) is 1. The quantitative estimate of drug-likeness (QED) is 0.379. The molecule has 0 saturated heterocycles. The van der Waals surface area contributed by atoms with E-state index in [1.807, 2.05) is 48.5 Å². The molecule has 0 amide bonds. The number of alkyl halides is 1. The van der Waals surface area contributed by atoms with Gasteiger partial charge in [-0.2, -0.15) is 9.61 Å². The Bertz CT molecular complexity index is 1470. The molecule has 4 aromatic rings. The smallest absolute Gasteiger partial charge is 0.282 e. The number of aromatic nitrogens is 3. The van der Waals surface area contributed by atoms with Crippen LogP contribution in [0.5, 0.6) is 11.5 Å². The molecule has 1 aliphatic heterocycles. The molecular weight excluding hydrogens is 450 g/mol. The molecule has 3 heterocycles. The minimum atomic E-state index is -0.207. The first kappa shape index (κ1) is 21.1. The van der Waals surface area contributed by atoms with Gasteiger partial charge in [-0.05, 0) is 49.0 Å². The van der Waals surface area contributed by atoms with E-state index < -0.39 is 0 Å². The summed E-state index contributed by atoms with van der Waals surface area (Å²) in [5.74, 6) is 1.47. The molecule has 1 N–H and O–H groups in total. The number of ether oxygens (including phenoxy) is 2. The lowest BCUT2D eigenvalue weighted by atomic mass is 9.92. The summed E-state index contributed by atoms with van der Waals surface area (Å²) in [7, 11) is 0. The number of hydrogen-bond donors (Lipinski definition) is 1. The van der Waals surface area contributed by atoms with Crippen molar-refractivity contribution in [3.8, 4) is 33.9 Å². The molecule has 0 fully saturated rings. The Morgan fingerprint density at radius 2 is 1.79 bits per heavy atom. The number of allylic oxidation sites excluding steroid dienone is 2. The number of halogens is 1. The average Bonchev–Trinajstić information content (AvgIpc) is 3.29. The van der Waals surface area contributed by atoms with Gasteiger partial charge in [0.25, 0.3) is 5.56 Å². The van der Waals surface area contributed by atoms with E-state index in [4.69, 9.17) is 26.2 Å². The van der Waals surface area contributed by atoms with Crippen LogP contribution in [-0.2, 0) is 5.88 Å². The minimum Gasteiger partial charge on any atom is -0.486 e. The van der Waals surface area contributed by atoms with E-state index in [0.717, 1.165) is 41.6 Å². The third-order valence-corrected chi connectivity index (χ3v) is 6.75.